The van der Waals surface area contributed by atoms with Gasteiger partial charge in [0.25, 0.3) is 0 Å². The lowest BCUT2D eigenvalue weighted by Crippen LogP contribution is -2.41. The van der Waals surface area contributed by atoms with E-state index in [1.54, 1.807) is 0 Å². The molecule has 1 N–H and O–H groups in total. The highest BCUT2D eigenvalue weighted by Gasteiger charge is 2.46. The summed E-state index contributed by atoms with van der Waals surface area (Å²) in [6.07, 6.45) is 10.6. The number of likely N-dealkylation sites (N-methyl/N-ethyl adjacent to an activating group) is 1. The van der Waals surface area contributed by atoms with Crippen LogP contribution >= 0.6 is 0 Å². The molecule has 0 bridgehead atoms. The van der Waals surface area contributed by atoms with Crippen LogP contribution in [0.4, 0.5) is 0 Å². The van der Waals surface area contributed by atoms with Gasteiger partial charge in [-0.3, -0.25) is 0 Å². The molecule has 0 radical (unpaired) electrons. The van der Waals surface area contributed by atoms with Crippen LogP contribution in [0, 0.1) is 17.8 Å². The molecule has 1 aliphatic heterocycles. The SMILES string of the molecule is CCNC(C1=CCCCO1)C(C1CC1)C1CC1. The van der Waals surface area contributed by atoms with Crippen molar-refractivity contribution in [3.8, 4) is 0 Å². The first-order valence-electron chi connectivity index (χ1n) is 7.46. The number of allylic oxidation sites excluding steroid dienone is 1. The van der Waals surface area contributed by atoms with Crippen molar-refractivity contribution in [2.45, 2.75) is 51.5 Å². The molecule has 2 fully saturated rings. The molecule has 1 unspecified atom stereocenters. The van der Waals surface area contributed by atoms with Crippen molar-refractivity contribution >= 4 is 0 Å². The molecule has 0 spiro atoms. The summed E-state index contributed by atoms with van der Waals surface area (Å²) in [5.74, 6) is 4.09. The van der Waals surface area contributed by atoms with Crippen LogP contribution in [0.1, 0.15) is 45.4 Å². The lowest BCUT2D eigenvalue weighted by Gasteiger charge is -2.31. The quantitative estimate of drug-likeness (QED) is 0.764. The fourth-order valence-electron chi connectivity index (χ4n) is 3.33. The van der Waals surface area contributed by atoms with Crippen LogP contribution in [0.5, 0.6) is 0 Å². The van der Waals surface area contributed by atoms with Gasteiger partial charge >= 0.3 is 0 Å². The van der Waals surface area contributed by atoms with Gasteiger partial charge in [-0.05, 0) is 68.9 Å². The molecule has 1 heterocycles. The first-order chi connectivity index (χ1) is 8.40. The van der Waals surface area contributed by atoms with Crippen LogP contribution in [0.15, 0.2) is 11.8 Å². The molecule has 0 aromatic heterocycles. The standard InChI is InChI=1S/C15H25NO/c1-2-16-15(13-5-3-4-10-17-13)14(11-6-7-11)12-8-9-12/h5,11-12,14-16H,2-4,6-10H2,1H3. The summed E-state index contributed by atoms with van der Waals surface area (Å²) in [5.41, 5.74) is 0. The van der Waals surface area contributed by atoms with Crippen LogP contribution in [0.25, 0.3) is 0 Å². The van der Waals surface area contributed by atoms with Gasteiger partial charge in [0.2, 0.25) is 0 Å². The fraction of sp³-hybridized carbons (Fsp3) is 0.867. The van der Waals surface area contributed by atoms with Crippen molar-refractivity contribution in [2.24, 2.45) is 17.8 Å². The monoisotopic (exact) mass is 235 g/mol. The van der Waals surface area contributed by atoms with Crippen LogP contribution in [-0.2, 0) is 4.74 Å². The van der Waals surface area contributed by atoms with E-state index in [2.05, 4.69) is 18.3 Å². The van der Waals surface area contributed by atoms with E-state index in [9.17, 15) is 0 Å². The summed E-state index contributed by atoms with van der Waals surface area (Å²) in [6.45, 7) is 4.20. The van der Waals surface area contributed by atoms with Gasteiger partial charge in [0, 0.05) is 0 Å². The Morgan fingerprint density at radius 3 is 2.47 bits per heavy atom. The third kappa shape index (κ3) is 2.67. The molecule has 3 rings (SSSR count). The maximum absolute atomic E-state index is 5.93. The summed E-state index contributed by atoms with van der Waals surface area (Å²) < 4.78 is 5.93. The van der Waals surface area contributed by atoms with Gasteiger partial charge in [-0.1, -0.05) is 6.92 Å². The molecule has 2 nitrogen and oxygen atoms in total. The summed E-state index contributed by atoms with van der Waals surface area (Å²) >= 11 is 0. The van der Waals surface area contributed by atoms with E-state index in [0.29, 0.717) is 6.04 Å². The van der Waals surface area contributed by atoms with E-state index in [0.717, 1.165) is 30.9 Å². The van der Waals surface area contributed by atoms with Gasteiger partial charge in [-0.2, -0.15) is 0 Å². The second kappa shape index (κ2) is 5.01. The molecule has 2 heteroatoms. The Balaban J connectivity index is 1.74. The van der Waals surface area contributed by atoms with Crippen molar-refractivity contribution < 1.29 is 4.74 Å². The Hall–Kier alpha value is -0.500. The molecule has 0 saturated heterocycles. The predicted molar refractivity (Wildman–Crippen MR) is 69.7 cm³/mol. The highest BCUT2D eigenvalue weighted by atomic mass is 16.5. The molecule has 17 heavy (non-hydrogen) atoms. The van der Waals surface area contributed by atoms with Gasteiger partial charge in [0.15, 0.2) is 0 Å². The maximum Gasteiger partial charge on any atom is 0.109 e. The molecule has 1 atom stereocenters. The Kier molecular flexibility index (Phi) is 3.41. The maximum atomic E-state index is 5.93. The third-order valence-corrected chi connectivity index (χ3v) is 4.41. The normalized spacial score (nSPS) is 26.6. The van der Waals surface area contributed by atoms with E-state index in [1.807, 2.05) is 0 Å². The first-order valence-corrected chi connectivity index (χ1v) is 7.46. The average Bonchev–Trinajstić information content (AvgIpc) is 3.24. The lowest BCUT2D eigenvalue weighted by molar-refractivity contribution is 0.140. The van der Waals surface area contributed by atoms with Crippen LogP contribution in [0.3, 0.4) is 0 Å². The van der Waals surface area contributed by atoms with Gasteiger partial charge in [0.05, 0.1) is 12.6 Å². The summed E-state index contributed by atoms with van der Waals surface area (Å²) in [5, 5.41) is 3.70. The van der Waals surface area contributed by atoms with Crippen LogP contribution < -0.4 is 5.32 Å². The molecule has 0 amide bonds. The number of rotatable bonds is 6. The summed E-state index contributed by atoms with van der Waals surface area (Å²) in [4.78, 5) is 0. The second-order valence-electron chi connectivity index (χ2n) is 5.88. The Morgan fingerprint density at radius 1 is 1.29 bits per heavy atom. The Labute approximate surface area is 105 Å². The average molecular weight is 235 g/mol. The number of ether oxygens (including phenoxy) is 1. The van der Waals surface area contributed by atoms with E-state index < -0.39 is 0 Å². The van der Waals surface area contributed by atoms with Crippen molar-refractivity contribution in [3.05, 3.63) is 11.8 Å². The Morgan fingerprint density at radius 2 is 2.00 bits per heavy atom. The van der Waals surface area contributed by atoms with E-state index in [4.69, 9.17) is 4.74 Å². The topological polar surface area (TPSA) is 21.3 Å². The zero-order valence-corrected chi connectivity index (χ0v) is 11.0. The fourth-order valence-corrected chi connectivity index (χ4v) is 3.33. The number of hydrogen-bond donors (Lipinski definition) is 1. The molecule has 2 aliphatic carbocycles. The smallest absolute Gasteiger partial charge is 0.109 e. The number of nitrogens with one attached hydrogen (secondary N) is 1. The highest BCUT2D eigenvalue weighted by Crippen LogP contribution is 2.51. The molecule has 0 aromatic rings. The summed E-state index contributed by atoms with van der Waals surface area (Å²) in [7, 11) is 0. The molecule has 2 saturated carbocycles. The van der Waals surface area contributed by atoms with Crippen molar-refractivity contribution in [2.75, 3.05) is 13.2 Å². The van der Waals surface area contributed by atoms with Crippen molar-refractivity contribution in [3.63, 3.8) is 0 Å². The van der Waals surface area contributed by atoms with Gasteiger partial charge in [-0.25, -0.2) is 0 Å². The first kappa shape index (κ1) is 11.6. The zero-order chi connectivity index (χ0) is 11.7. The summed E-state index contributed by atoms with van der Waals surface area (Å²) in [6, 6.07) is 0.514. The van der Waals surface area contributed by atoms with Crippen molar-refractivity contribution in [1.29, 1.82) is 0 Å². The zero-order valence-electron chi connectivity index (χ0n) is 11.0. The third-order valence-electron chi connectivity index (χ3n) is 4.41. The molecular formula is C15H25NO. The van der Waals surface area contributed by atoms with Gasteiger partial charge in [0.1, 0.15) is 5.76 Å². The van der Waals surface area contributed by atoms with E-state index in [1.165, 1.54) is 44.3 Å². The predicted octanol–water partition coefficient (Wildman–Crippen LogP) is 3.10. The molecule has 0 aromatic carbocycles. The molecule has 3 aliphatic rings. The van der Waals surface area contributed by atoms with Crippen molar-refractivity contribution in [1.82, 2.24) is 5.32 Å². The minimum Gasteiger partial charge on any atom is -0.497 e. The molecular weight excluding hydrogens is 210 g/mol. The minimum absolute atomic E-state index is 0.514. The highest BCUT2D eigenvalue weighted by molar-refractivity contribution is 5.12. The lowest BCUT2D eigenvalue weighted by atomic mass is 9.87. The molecule has 96 valence electrons. The van der Waals surface area contributed by atoms with Gasteiger partial charge in [-0.15, -0.1) is 0 Å². The minimum atomic E-state index is 0.514. The van der Waals surface area contributed by atoms with Crippen LogP contribution in [-0.4, -0.2) is 19.2 Å². The van der Waals surface area contributed by atoms with Crippen LogP contribution in [0.2, 0.25) is 0 Å². The Bertz CT molecular complexity index is 279. The van der Waals surface area contributed by atoms with E-state index >= 15 is 0 Å². The second-order valence-corrected chi connectivity index (χ2v) is 5.88. The largest absolute Gasteiger partial charge is 0.497 e. The number of hydrogen-bond acceptors (Lipinski definition) is 2. The van der Waals surface area contributed by atoms with Gasteiger partial charge < -0.3 is 10.1 Å². The van der Waals surface area contributed by atoms with E-state index in [-0.39, 0.29) is 0 Å².